The van der Waals surface area contributed by atoms with Gasteiger partial charge in [-0.15, -0.1) is 0 Å². The monoisotopic (exact) mass is 632 g/mol. The number of hydrogen-bond acceptors (Lipinski definition) is 3. The van der Waals surface area contributed by atoms with Gasteiger partial charge in [-0.3, -0.25) is 9.59 Å². The molecule has 41 heavy (non-hydrogen) atoms. The Bertz CT molecular complexity index is 1470. The van der Waals surface area contributed by atoms with Crippen LogP contribution in [0.1, 0.15) is 43.2 Å². The van der Waals surface area contributed by atoms with E-state index in [9.17, 15) is 9.59 Å². The third-order valence-corrected chi connectivity index (χ3v) is 8.74. The Kier molecular flexibility index (Phi) is 9.97. The van der Waals surface area contributed by atoms with Crippen LogP contribution in [-0.4, -0.2) is 35.4 Å². The SMILES string of the molecule is O=C(NC1CCCCC1)[C@@H](Cc1ccccc1)N(Cc1ccc(Cl)cc1)C(=O)COc1ccc2ccccc2c1Br. The maximum absolute atomic E-state index is 14.0. The van der Waals surface area contributed by atoms with Crippen LogP contribution in [0.2, 0.25) is 5.02 Å². The molecule has 0 heterocycles. The number of ether oxygens (including phenoxy) is 1. The van der Waals surface area contributed by atoms with Gasteiger partial charge in [0.1, 0.15) is 11.8 Å². The molecule has 1 aliphatic rings. The van der Waals surface area contributed by atoms with Crippen LogP contribution in [0.15, 0.2) is 95.5 Å². The Balaban J connectivity index is 1.42. The molecule has 1 N–H and O–H groups in total. The molecule has 7 heteroatoms. The molecule has 0 spiro atoms. The van der Waals surface area contributed by atoms with Gasteiger partial charge in [-0.1, -0.05) is 104 Å². The first kappa shape index (κ1) is 29.2. The van der Waals surface area contributed by atoms with E-state index in [1.807, 2.05) is 78.9 Å². The van der Waals surface area contributed by atoms with E-state index >= 15 is 0 Å². The normalized spacial score (nSPS) is 14.4. The number of carbonyl (C=O) groups is 2. The highest BCUT2D eigenvalue weighted by Crippen LogP contribution is 2.33. The molecule has 2 amide bonds. The van der Waals surface area contributed by atoms with Gasteiger partial charge in [-0.2, -0.15) is 0 Å². The Morgan fingerprint density at radius 1 is 0.878 bits per heavy atom. The number of halogens is 2. The lowest BCUT2D eigenvalue weighted by molar-refractivity contribution is -0.143. The van der Waals surface area contributed by atoms with Gasteiger partial charge in [-0.05, 0) is 68.9 Å². The highest BCUT2D eigenvalue weighted by atomic mass is 79.9. The summed E-state index contributed by atoms with van der Waals surface area (Å²) in [4.78, 5) is 29.5. The van der Waals surface area contributed by atoms with Gasteiger partial charge in [0.2, 0.25) is 5.91 Å². The van der Waals surface area contributed by atoms with Gasteiger partial charge in [0.15, 0.2) is 6.61 Å². The van der Waals surface area contributed by atoms with E-state index in [1.54, 1.807) is 17.0 Å². The predicted octanol–water partition coefficient (Wildman–Crippen LogP) is 7.72. The summed E-state index contributed by atoms with van der Waals surface area (Å²) in [5.74, 6) is 0.185. The lowest BCUT2D eigenvalue weighted by Gasteiger charge is -2.33. The molecule has 1 atom stereocenters. The Labute approximate surface area is 255 Å². The zero-order chi connectivity index (χ0) is 28.6. The minimum absolute atomic E-state index is 0.130. The van der Waals surface area contributed by atoms with E-state index in [2.05, 4.69) is 21.2 Å². The summed E-state index contributed by atoms with van der Waals surface area (Å²) in [6, 6.07) is 28.5. The van der Waals surface area contributed by atoms with Crippen LogP contribution in [0.5, 0.6) is 5.75 Å². The maximum atomic E-state index is 14.0. The molecule has 0 aromatic heterocycles. The van der Waals surface area contributed by atoms with Gasteiger partial charge in [0.05, 0.1) is 4.47 Å². The second kappa shape index (κ2) is 14.0. The molecule has 212 valence electrons. The fraction of sp³-hybridized carbons (Fsp3) is 0.294. The minimum Gasteiger partial charge on any atom is -0.483 e. The second-order valence-corrected chi connectivity index (χ2v) is 11.8. The molecule has 0 bridgehead atoms. The molecular weight excluding hydrogens is 600 g/mol. The highest BCUT2D eigenvalue weighted by molar-refractivity contribution is 9.10. The van der Waals surface area contributed by atoms with Crippen LogP contribution in [0.25, 0.3) is 10.8 Å². The summed E-state index contributed by atoms with van der Waals surface area (Å²) < 4.78 is 6.88. The van der Waals surface area contributed by atoms with Crippen LogP contribution < -0.4 is 10.1 Å². The van der Waals surface area contributed by atoms with Crippen molar-refractivity contribution in [1.82, 2.24) is 10.2 Å². The minimum atomic E-state index is -0.703. The van der Waals surface area contributed by atoms with Crippen molar-refractivity contribution in [3.8, 4) is 5.75 Å². The molecular formula is C34H34BrClN2O3. The van der Waals surface area contributed by atoms with E-state index in [0.717, 1.165) is 52.1 Å². The third kappa shape index (κ3) is 7.69. The Morgan fingerprint density at radius 3 is 2.34 bits per heavy atom. The largest absolute Gasteiger partial charge is 0.483 e. The molecule has 0 unspecified atom stereocenters. The highest BCUT2D eigenvalue weighted by Gasteiger charge is 2.32. The summed E-state index contributed by atoms with van der Waals surface area (Å²) in [5, 5.41) is 5.97. The summed E-state index contributed by atoms with van der Waals surface area (Å²) in [7, 11) is 0. The third-order valence-electron chi connectivity index (χ3n) is 7.67. The van der Waals surface area contributed by atoms with Gasteiger partial charge >= 0.3 is 0 Å². The van der Waals surface area contributed by atoms with Crippen molar-refractivity contribution in [2.75, 3.05) is 6.61 Å². The van der Waals surface area contributed by atoms with E-state index < -0.39 is 6.04 Å². The van der Waals surface area contributed by atoms with Gasteiger partial charge in [0.25, 0.3) is 5.91 Å². The van der Waals surface area contributed by atoms with Crippen LogP contribution in [0.3, 0.4) is 0 Å². The van der Waals surface area contributed by atoms with E-state index in [4.69, 9.17) is 16.3 Å². The number of carbonyl (C=O) groups excluding carboxylic acids is 2. The van der Waals surface area contributed by atoms with E-state index in [0.29, 0.717) is 17.2 Å². The molecule has 1 fully saturated rings. The van der Waals surface area contributed by atoms with Crippen molar-refractivity contribution < 1.29 is 14.3 Å². The summed E-state index contributed by atoms with van der Waals surface area (Å²) in [6.45, 7) is 0.0559. The van der Waals surface area contributed by atoms with E-state index in [1.165, 1.54) is 6.42 Å². The molecule has 4 aromatic carbocycles. The lowest BCUT2D eigenvalue weighted by Crippen LogP contribution is -2.53. The number of nitrogens with one attached hydrogen (secondary N) is 1. The first-order chi connectivity index (χ1) is 20.0. The zero-order valence-electron chi connectivity index (χ0n) is 22.9. The molecule has 5 nitrogen and oxygen atoms in total. The summed E-state index contributed by atoms with van der Waals surface area (Å²) in [5.41, 5.74) is 1.88. The first-order valence-electron chi connectivity index (χ1n) is 14.2. The van der Waals surface area contributed by atoms with Crippen LogP contribution >= 0.6 is 27.5 Å². The molecule has 0 radical (unpaired) electrons. The molecule has 1 aliphatic carbocycles. The summed E-state index contributed by atoms with van der Waals surface area (Å²) in [6.07, 6.45) is 5.75. The number of fused-ring (bicyclic) bond motifs is 1. The topological polar surface area (TPSA) is 58.6 Å². The van der Waals surface area contributed by atoms with Gasteiger partial charge in [0, 0.05) is 24.0 Å². The lowest BCUT2D eigenvalue weighted by atomic mass is 9.94. The fourth-order valence-corrected chi connectivity index (χ4v) is 6.17. The van der Waals surface area contributed by atoms with Crippen molar-refractivity contribution in [1.29, 1.82) is 0 Å². The van der Waals surface area contributed by atoms with Crippen LogP contribution in [0.4, 0.5) is 0 Å². The Hall–Kier alpha value is -3.35. The zero-order valence-corrected chi connectivity index (χ0v) is 25.2. The number of amides is 2. The van der Waals surface area contributed by atoms with Crippen LogP contribution in [0, 0.1) is 0 Å². The molecule has 0 saturated heterocycles. The van der Waals surface area contributed by atoms with Crippen molar-refractivity contribution in [3.05, 3.63) is 112 Å². The number of benzene rings is 4. The molecule has 0 aliphatic heterocycles. The van der Waals surface area contributed by atoms with Crippen LogP contribution in [-0.2, 0) is 22.6 Å². The Morgan fingerprint density at radius 2 is 1.59 bits per heavy atom. The average molecular weight is 634 g/mol. The smallest absolute Gasteiger partial charge is 0.261 e. The fourth-order valence-electron chi connectivity index (χ4n) is 5.43. The number of nitrogens with zero attached hydrogens (tertiary/aromatic N) is 1. The van der Waals surface area contributed by atoms with Gasteiger partial charge < -0.3 is 15.0 Å². The predicted molar refractivity (Wildman–Crippen MR) is 168 cm³/mol. The van der Waals surface area contributed by atoms with E-state index in [-0.39, 0.29) is 31.0 Å². The molecule has 1 saturated carbocycles. The first-order valence-corrected chi connectivity index (χ1v) is 15.3. The molecule has 4 aromatic rings. The summed E-state index contributed by atoms with van der Waals surface area (Å²) >= 11 is 9.80. The number of hydrogen-bond donors (Lipinski definition) is 1. The number of rotatable bonds is 10. The average Bonchev–Trinajstić information content (AvgIpc) is 3.00. The standard InChI is InChI=1S/C34H34BrClN2O3/c35-33-29-14-8-7-11-26(29)17-20-31(33)41-23-32(39)38(22-25-15-18-27(36)19-16-25)30(21-24-9-3-1-4-10-24)34(40)37-28-12-5-2-6-13-28/h1,3-4,7-11,14-20,28,30H,2,5-6,12-13,21-23H2,(H,37,40)/t30-/m1/s1. The van der Waals surface area contributed by atoms with Gasteiger partial charge in [-0.25, -0.2) is 0 Å². The van der Waals surface area contributed by atoms with Crippen molar-refractivity contribution in [2.24, 2.45) is 0 Å². The second-order valence-electron chi connectivity index (χ2n) is 10.6. The van der Waals surface area contributed by atoms with Crippen molar-refractivity contribution in [3.63, 3.8) is 0 Å². The van der Waals surface area contributed by atoms with Crippen molar-refractivity contribution >= 4 is 50.1 Å². The van der Waals surface area contributed by atoms with Crippen molar-refractivity contribution in [2.45, 2.75) is 57.2 Å². The molecule has 5 rings (SSSR count). The quantitative estimate of drug-likeness (QED) is 0.195. The maximum Gasteiger partial charge on any atom is 0.261 e.